The molecule has 1 N–H and O–H groups in total. The third-order valence-corrected chi connectivity index (χ3v) is 3.29. The highest BCUT2D eigenvalue weighted by molar-refractivity contribution is 4.81. The molecule has 0 aliphatic carbocycles. The molecule has 0 aromatic rings. The third-order valence-electron chi connectivity index (χ3n) is 3.29. The SMILES string of the molecule is CCCCCC(NC)C1COC(C)C1. The number of unbranched alkanes of at least 4 members (excludes halogenated alkanes) is 2. The summed E-state index contributed by atoms with van der Waals surface area (Å²) >= 11 is 0. The van der Waals surface area contributed by atoms with E-state index in [2.05, 4.69) is 26.2 Å². The highest BCUT2D eigenvalue weighted by Crippen LogP contribution is 2.24. The standard InChI is InChI=1S/C12H25NO/c1-4-5-6-7-12(13-3)11-8-10(2)14-9-11/h10-13H,4-9H2,1-3H3. The Bertz CT molecular complexity index is 149. The zero-order valence-electron chi connectivity index (χ0n) is 9.88. The van der Waals surface area contributed by atoms with Gasteiger partial charge in [0.15, 0.2) is 0 Å². The Hall–Kier alpha value is -0.0800. The van der Waals surface area contributed by atoms with Crippen molar-refractivity contribution in [3.8, 4) is 0 Å². The average Bonchev–Trinajstić information content (AvgIpc) is 2.60. The summed E-state index contributed by atoms with van der Waals surface area (Å²) in [5.74, 6) is 0.742. The molecule has 0 aromatic heterocycles. The molecule has 3 unspecified atom stereocenters. The van der Waals surface area contributed by atoms with Crippen LogP contribution in [0.25, 0.3) is 0 Å². The van der Waals surface area contributed by atoms with E-state index in [0.29, 0.717) is 12.1 Å². The van der Waals surface area contributed by atoms with E-state index in [0.717, 1.165) is 12.5 Å². The third kappa shape index (κ3) is 3.58. The summed E-state index contributed by atoms with van der Waals surface area (Å²) in [5.41, 5.74) is 0. The van der Waals surface area contributed by atoms with Gasteiger partial charge in [-0.1, -0.05) is 26.2 Å². The minimum atomic E-state index is 0.474. The summed E-state index contributed by atoms with van der Waals surface area (Å²) < 4.78 is 5.61. The molecular formula is C12H25NO. The zero-order chi connectivity index (χ0) is 10.4. The Kier molecular flexibility index (Phi) is 5.49. The van der Waals surface area contributed by atoms with Gasteiger partial charge < -0.3 is 10.1 Å². The fourth-order valence-electron chi connectivity index (χ4n) is 2.36. The minimum absolute atomic E-state index is 0.474. The van der Waals surface area contributed by atoms with Crippen LogP contribution in [0.5, 0.6) is 0 Å². The maximum atomic E-state index is 5.61. The lowest BCUT2D eigenvalue weighted by molar-refractivity contribution is 0.116. The summed E-state index contributed by atoms with van der Waals surface area (Å²) in [4.78, 5) is 0. The largest absolute Gasteiger partial charge is 0.378 e. The van der Waals surface area contributed by atoms with Crippen molar-refractivity contribution >= 4 is 0 Å². The van der Waals surface area contributed by atoms with Crippen molar-refractivity contribution in [2.45, 2.75) is 58.1 Å². The van der Waals surface area contributed by atoms with E-state index in [9.17, 15) is 0 Å². The minimum Gasteiger partial charge on any atom is -0.378 e. The second-order valence-electron chi connectivity index (χ2n) is 4.53. The van der Waals surface area contributed by atoms with Crippen molar-refractivity contribution in [1.82, 2.24) is 5.32 Å². The number of hydrogen-bond acceptors (Lipinski definition) is 2. The first kappa shape index (κ1) is 12.0. The smallest absolute Gasteiger partial charge is 0.0551 e. The van der Waals surface area contributed by atoms with Crippen LogP contribution < -0.4 is 5.32 Å². The van der Waals surface area contributed by atoms with Gasteiger partial charge in [0.2, 0.25) is 0 Å². The van der Waals surface area contributed by atoms with E-state index in [1.54, 1.807) is 0 Å². The van der Waals surface area contributed by atoms with Gasteiger partial charge in [0.1, 0.15) is 0 Å². The summed E-state index contributed by atoms with van der Waals surface area (Å²) in [7, 11) is 2.08. The van der Waals surface area contributed by atoms with Gasteiger partial charge in [-0.3, -0.25) is 0 Å². The molecule has 1 heterocycles. The molecule has 0 spiro atoms. The van der Waals surface area contributed by atoms with Crippen molar-refractivity contribution in [2.24, 2.45) is 5.92 Å². The summed E-state index contributed by atoms with van der Waals surface area (Å²) in [6, 6.07) is 0.673. The molecule has 0 radical (unpaired) electrons. The van der Waals surface area contributed by atoms with Gasteiger partial charge in [0.05, 0.1) is 12.7 Å². The molecule has 84 valence electrons. The van der Waals surface area contributed by atoms with Crippen molar-refractivity contribution in [1.29, 1.82) is 0 Å². The van der Waals surface area contributed by atoms with Crippen LogP contribution in [-0.4, -0.2) is 25.8 Å². The lowest BCUT2D eigenvalue weighted by Crippen LogP contribution is -2.33. The van der Waals surface area contributed by atoms with Crippen LogP contribution >= 0.6 is 0 Å². The first-order chi connectivity index (χ1) is 6.77. The van der Waals surface area contributed by atoms with Crippen LogP contribution in [0.1, 0.15) is 46.0 Å². The van der Waals surface area contributed by atoms with Crippen LogP contribution in [0.15, 0.2) is 0 Å². The Balaban J connectivity index is 2.23. The molecule has 0 saturated carbocycles. The second-order valence-corrected chi connectivity index (χ2v) is 4.53. The molecule has 1 aliphatic rings. The zero-order valence-corrected chi connectivity index (χ0v) is 9.88. The molecule has 1 rings (SSSR count). The Morgan fingerprint density at radius 2 is 2.21 bits per heavy atom. The molecule has 1 saturated heterocycles. The molecule has 1 fully saturated rings. The van der Waals surface area contributed by atoms with Gasteiger partial charge in [-0.15, -0.1) is 0 Å². The first-order valence-corrected chi connectivity index (χ1v) is 6.06. The second kappa shape index (κ2) is 6.41. The number of nitrogens with one attached hydrogen (secondary N) is 1. The molecule has 0 bridgehead atoms. The molecule has 0 amide bonds. The Morgan fingerprint density at radius 1 is 1.43 bits per heavy atom. The van der Waals surface area contributed by atoms with E-state index < -0.39 is 0 Å². The normalized spacial score (nSPS) is 29.4. The number of ether oxygens (including phenoxy) is 1. The maximum absolute atomic E-state index is 5.61. The van der Waals surface area contributed by atoms with Crippen molar-refractivity contribution in [2.75, 3.05) is 13.7 Å². The van der Waals surface area contributed by atoms with Crippen LogP contribution in [0.3, 0.4) is 0 Å². The Labute approximate surface area is 88.4 Å². The number of rotatable bonds is 6. The van der Waals surface area contributed by atoms with Gasteiger partial charge in [0.25, 0.3) is 0 Å². The van der Waals surface area contributed by atoms with Crippen molar-refractivity contribution < 1.29 is 4.74 Å². The lowest BCUT2D eigenvalue weighted by atomic mass is 9.93. The summed E-state index contributed by atoms with van der Waals surface area (Å²) in [5, 5.41) is 3.44. The highest BCUT2D eigenvalue weighted by Gasteiger charge is 2.27. The topological polar surface area (TPSA) is 21.3 Å². The van der Waals surface area contributed by atoms with Crippen LogP contribution in [-0.2, 0) is 4.74 Å². The fraction of sp³-hybridized carbons (Fsp3) is 1.00. The van der Waals surface area contributed by atoms with Crippen molar-refractivity contribution in [3.63, 3.8) is 0 Å². The predicted octanol–water partition coefficient (Wildman–Crippen LogP) is 2.58. The molecule has 2 nitrogen and oxygen atoms in total. The monoisotopic (exact) mass is 199 g/mol. The van der Waals surface area contributed by atoms with Gasteiger partial charge in [-0.05, 0) is 26.8 Å². The first-order valence-electron chi connectivity index (χ1n) is 6.06. The molecule has 2 heteroatoms. The molecule has 0 aromatic carbocycles. The van der Waals surface area contributed by atoms with E-state index >= 15 is 0 Å². The predicted molar refractivity (Wildman–Crippen MR) is 60.5 cm³/mol. The molecule has 3 atom stereocenters. The number of hydrogen-bond donors (Lipinski definition) is 1. The molecule has 14 heavy (non-hydrogen) atoms. The van der Waals surface area contributed by atoms with Gasteiger partial charge in [-0.2, -0.15) is 0 Å². The maximum Gasteiger partial charge on any atom is 0.0551 e. The lowest BCUT2D eigenvalue weighted by Gasteiger charge is -2.21. The quantitative estimate of drug-likeness (QED) is 0.664. The van der Waals surface area contributed by atoms with Crippen LogP contribution in [0.4, 0.5) is 0 Å². The van der Waals surface area contributed by atoms with Gasteiger partial charge >= 0.3 is 0 Å². The van der Waals surface area contributed by atoms with Crippen LogP contribution in [0, 0.1) is 5.92 Å². The summed E-state index contributed by atoms with van der Waals surface area (Å²) in [6.45, 7) is 5.40. The van der Waals surface area contributed by atoms with E-state index in [4.69, 9.17) is 4.74 Å². The molecule has 1 aliphatic heterocycles. The van der Waals surface area contributed by atoms with E-state index in [1.807, 2.05) is 0 Å². The van der Waals surface area contributed by atoms with E-state index in [-0.39, 0.29) is 0 Å². The summed E-state index contributed by atoms with van der Waals surface area (Å²) in [6.07, 6.45) is 7.05. The fourth-order valence-corrected chi connectivity index (χ4v) is 2.36. The van der Waals surface area contributed by atoms with Crippen LogP contribution in [0.2, 0.25) is 0 Å². The van der Waals surface area contributed by atoms with Gasteiger partial charge in [0, 0.05) is 12.0 Å². The van der Waals surface area contributed by atoms with E-state index in [1.165, 1.54) is 32.1 Å². The van der Waals surface area contributed by atoms with Crippen molar-refractivity contribution in [3.05, 3.63) is 0 Å². The Morgan fingerprint density at radius 3 is 2.71 bits per heavy atom. The highest BCUT2D eigenvalue weighted by atomic mass is 16.5. The van der Waals surface area contributed by atoms with Gasteiger partial charge in [-0.25, -0.2) is 0 Å². The molecular weight excluding hydrogens is 174 g/mol. The average molecular weight is 199 g/mol.